The van der Waals surface area contributed by atoms with E-state index in [-0.39, 0.29) is 5.56 Å². The average molecular weight is 358 g/mol. The van der Waals surface area contributed by atoms with Gasteiger partial charge in [0.25, 0.3) is 5.56 Å². The molecule has 0 fully saturated rings. The van der Waals surface area contributed by atoms with Crippen LogP contribution in [0.3, 0.4) is 0 Å². The van der Waals surface area contributed by atoms with Crippen molar-refractivity contribution in [1.29, 1.82) is 0 Å². The highest BCUT2D eigenvalue weighted by molar-refractivity contribution is 5.99. The molecule has 0 aliphatic carbocycles. The number of hydrogen-bond acceptors (Lipinski definition) is 2. The van der Waals surface area contributed by atoms with Crippen molar-refractivity contribution in [2.45, 2.75) is 20.3 Å². The standard InChI is InChI=1S/C22H22N4O/c1-15(23-13-12-17-14-24-20-11-7-6-10-19(17)20)21-16(2)25-26(22(21)27)18-8-4-3-5-9-18/h3-11,14,24-25H,12-13H2,1-2H3. The first-order valence-corrected chi connectivity index (χ1v) is 9.08. The third-order valence-corrected chi connectivity index (χ3v) is 4.85. The number of aliphatic imine (C=N–C) groups is 1. The molecular weight excluding hydrogens is 336 g/mol. The zero-order valence-corrected chi connectivity index (χ0v) is 15.5. The van der Waals surface area contributed by atoms with E-state index >= 15 is 0 Å². The van der Waals surface area contributed by atoms with Crippen LogP contribution in [-0.4, -0.2) is 27.0 Å². The topological polar surface area (TPSA) is 65.9 Å². The summed E-state index contributed by atoms with van der Waals surface area (Å²) in [7, 11) is 0. The first kappa shape index (κ1) is 17.1. The molecule has 4 rings (SSSR count). The van der Waals surface area contributed by atoms with Crippen LogP contribution in [0.2, 0.25) is 0 Å². The first-order chi connectivity index (χ1) is 13.1. The van der Waals surface area contributed by atoms with E-state index in [0.29, 0.717) is 12.1 Å². The lowest BCUT2D eigenvalue weighted by Crippen LogP contribution is -2.19. The zero-order valence-electron chi connectivity index (χ0n) is 15.5. The summed E-state index contributed by atoms with van der Waals surface area (Å²) >= 11 is 0. The highest BCUT2D eigenvalue weighted by Gasteiger charge is 2.14. The zero-order chi connectivity index (χ0) is 18.8. The van der Waals surface area contributed by atoms with E-state index in [9.17, 15) is 4.79 Å². The van der Waals surface area contributed by atoms with E-state index in [1.54, 1.807) is 4.68 Å². The van der Waals surface area contributed by atoms with Crippen molar-refractivity contribution in [1.82, 2.24) is 14.8 Å². The van der Waals surface area contributed by atoms with Crippen molar-refractivity contribution >= 4 is 16.6 Å². The molecule has 136 valence electrons. The summed E-state index contributed by atoms with van der Waals surface area (Å²) < 4.78 is 1.57. The second-order valence-electron chi connectivity index (χ2n) is 6.66. The Hall–Kier alpha value is -3.34. The smallest absolute Gasteiger partial charge is 0.280 e. The van der Waals surface area contributed by atoms with Crippen LogP contribution in [0, 0.1) is 6.92 Å². The Bertz CT molecular complexity index is 1160. The molecule has 0 atom stereocenters. The van der Waals surface area contributed by atoms with E-state index in [1.165, 1.54) is 10.9 Å². The Morgan fingerprint density at radius 1 is 1.07 bits per heavy atom. The van der Waals surface area contributed by atoms with Crippen LogP contribution in [0.25, 0.3) is 16.6 Å². The summed E-state index contributed by atoms with van der Waals surface area (Å²) in [6.07, 6.45) is 2.87. The lowest BCUT2D eigenvalue weighted by molar-refractivity contribution is 0.835. The number of aromatic amines is 2. The average Bonchev–Trinajstić information content (AvgIpc) is 3.23. The SMILES string of the molecule is CC(=NCCc1c[nH]c2ccccc12)c1c(C)[nH]n(-c2ccccc2)c1=O. The van der Waals surface area contributed by atoms with Gasteiger partial charge in [-0.2, -0.15) is 0 Å². The Kier molecular flexibility index (Phi) is 4.50. The van der Waals surface area contributed by atoms with Gasteiger partial charge in [-0.25, -0.2) is 4.68 Å². The van der Waals surface area contributed by atoms with Crippen molar-refractivity contribution in [3.8, 4) is 5.69 Å². The maximum Gasteiger partial charge on any atom is 0.280 e. The lowest BCUT2D eigenvalue weighted by atomic mass is 10.1. The monoisotopic (exact) mass is 358 g/mol. The highest BCUT2D eigenvalue weighted by atomic mass is 16.1. The number of nitrogens with zero attached hydrogens (tertiary/aromatic N) is 2. The summed E-state index contributed by atoms with van der Waals surface area (Å²) in [5, 5.41) is 4.39. The number of para-hydroxylation sites is 2. The molecule has 0 radical (unpaired) electrons. The van der Waals surface area contributed by atoms with Crippen LogP contribution in [0.1, 0.15) is 23.7 Å². The van der Waals surface area contributed by atoms with Crippen molar-refractivity contribution in [3.63, 3.8) is 0 Å². The van der Waals surface area contributed by atoms with Gasteiger partial charge < -0.3 is 4.98 Å². The van der Waals surface area contributed by atoms with Crippen LogP contribution in [0.4, 0.5) is 0 Å². The molecule has 27 heavy (non-hydrogen) atoms. The molecule has 0 aliphatic rings. The van der Waals surface area contributed by atoms with Gasteiger partial charge in [0.05, 0.1) is 11.3 Å². The van der Waals surface area contributed by atoms with E-state index in [2.05, 4.69) is 27.2 Å². The predicted molar refractivity (Wildman–Crippen MR) is 110 cm³/mol. The Balaban J connectivity index is 1.57. The number of aryl methyl sites for hydroxylation is 1. The van der Waals surface area contributed by atoms with E-state index in [0.717, 1.165) is 29.0 Å². The minimum absolute atomic E-state index is 0.0629. The minimum Gasteiger partial charge on any atom is -0.361 e. The van der Waals surface area contributed by atoms with Gasteiger partial charge in [-0.1, -0.05) is 36.4 Å². The van der Waals surface area contributed by atoms with E-state index in [1.807, 2.05) is 62.5 Å². The highest BCUT2D eigenvalue weighted by Crippen LogP contribution is 2.18. The van der Waals surface area contributed by atoms with Crippen molar-refractivity contribution in [3.05, 3.63) is 88.0 Å². The molecule has 0 spiro atoms. The molecule has 0 amide bonds. The number of hydrogen-bond donors (Lipinski definition) is 2. The molecule has 0 bridgehead atoms. The molecule has 0 unspecified atom stereocenters. The minimum atomic E-state index is -0.0629. The third kappa shape index (κ3) is 3.24. The van der Waals surface area contributed by atoms with E-state index in [4.69, 9.17) is 0 Å². The van der Waals surface area contributed by atoms with Gasteiger partial charge in [0.2, 0.25) is 0 Å². The second kappa shape index (κ2) is 7.11. The van der Waals surface area contributed by atoms with Crippen molar-refractivity contribution in [2.24, 2.45) is 4.99 Å². The molecule has 0 saturated carbocycles. The molecule has 2 N–H and O–H groups in total. The third-order valence-electron chi connectivity index (χ3n) is 4.85. The van der Waals surface area contributed by atoms with Crippen LogP contribution in [0.15, 0.2) is 70.6 Å². The van der Waals surface area contributed by atoms with Crippen LogP contribution < -0.4 is 5.56 Å². The number of H-pyrrole nitrogens is 2. The maximum atomic E-state index is 12.8. The fraction of sp³-hybridized carbons (Fsp3) is 0.182. The summed E-state index contributed by atoms with van der Waals surface area (Å²) in [4.78, 5) is 20.8. The summed E-state index contributed by atoms with van der Waals surface area (Å²) in [5.74, 6) is 0. The first-order valence-electron chi connectivity index (χ1n) is 9.08. The Morgan fingerprint density at radius 3 is 2.63 bits per heavy atom. The molecule has 0 saturated heterocycles. The molecule has 2 aromatic heterocycles. The second-order valence-corrected chi connectivity index (χ2v) is 6.66. The number of fused-ring (bicyclic) bond motifs is 1. The van der Waals surface area contributed by atoms with Gasteiger partial charge in [0.15, 0.2) is 0 Å². The quantitative estimate of drug-likeness (QED) is 0.520. The van der Waals surface area contributed by atoms with Crippen molar-refractivity contribution < 1.29 is 0 Å². The largest absolute Gasteiger partial charge is 0.361 e. The van der Waals surface area contributed by atoms with Crippen LogP contribution in [0.5, 0.6) is 0 Å². The van der Waals surface area contributed by atoms with Gasteiger partial charge >= 0.3 is 0 Å². The van der Waals surface area contributed by atoms with Gasteiger partial charge in [-0.15, -0.1) is 0 Å². The van der Waals surface area contributed by atoms with Gasteiger partial charge in [-0.05, 0) is 44.0 Å². The fourth-order valence-corrected chi connectivity index (χ4v) is 3.49. The summed E-state index contributed by atoms with van der Waals surface area (Å²) in [5.41, 5.74) is 5.39. The Labute approximate surface area is 157 Å². The van der Waals surface area contributed by atoms with E-state index < -0.39 is 0 Å². The number of rotatable bonds is 5. The molecular formula is C22H22N4O. The number of benzene rings is 2. The molecule has 5 nitrogen and oxygen atoms in total. The molecule has 5 heteroatoms. The van der Waals surface area contributed by atoms with Crippen molar-refractivity contribution in [2.75, 3.05) is 6.54 Å². The normalized spacial score (nSPS) is 12.0. The molecule has 2 heterocycles. The van der Waals surface area contributed by atoms with Gasteiger partial charge in [0.1, 0.15) is 0 Å². The van der Waals surface area contributed by atoms with Gasteiger partial charge in [0, 0.05) is 35.1 Å². The molecule has 0 aliphatic heterocycles. The lowest BCUT2D eigenvalue weighted by Gasteiger charge is -2.00. The number of aromatic nitrogens is 3. The Morgan fingerprint density at radius 2 is 1.81 bits per heavy atom. The van der Waals surface area contributed by atoms with Crippen LogP contribution in [-0.2, 0) is 6.42 Å². The van der Waals surface area contributed by atoms with Crippen LogP contribution >= 0.6 is 0 Å². The van der Waals surface area contributed by atoms with Gasteiger partial charge in [-0.3, -0.25) is 14.9 Å². The summed E-state index contributed by atoms with van der Waals surface area (Å²) in [6, 6.07) is 17.8. The molecule has 4 aromatic rings. The summed E-state index contributed by atoms with van der Waals surface area (Å²) in [6.45, 7) is 4.46. The molecule has 2 aromatic carbocycles. The fourth-order valence-electron chi connectivity index (χ4n) is 3.49. The number of nitrogens with one attached hydrogen (secondary N) is 2. The predicted octanol–water partition coefficient (Wildman–Crippen LogP) is 4.01. The maximum absolute atomic E-state index is 12.8.